The van der Waals surface area contributed by atoms with Crippen LogP contribution in [-0.2, 0) is 4.79 Å². The van der Waals surface area contributed by atoms with Crippen molar-refractivity contribution in [1.82, 2.24) is 0 Å². The predicted molar refractivity (Wildman–Crippen MR) is 39.7 cm³/mol. The van der Waals surface area contributed by atoms with Crippen LogP contribution in [-0.4, -0.2) is 18.7 Å². The van der Waals surface area contributed by atoms with Gasteiger partial charge < -0.3 is 5.73 Å². The largest absolute Gasteiger partial charge is 0.368 e. The summed E-state index contributed by atoms with van der Waals surface area (Å²) in [5.74, 6) is -0.645. The molecule has 1 unspecified atom stereocenters. The molecule has 0 spiro atoms. The number of allylic oxidation sites excluding steroid dienone is 1. The Balaban J connectivity index is 2.97. The monoisotopic (exact) mass is 149 g/mol. The van der Waals surface area contributed by atoms with Crippen molar-refractivity contribution in [2.24, 2.45) is 16.1 Å². The number of amides is 1. The van der Waals surface area contributed by atoms with Gasteiger partial charge in [-0.15, -0.1) is 0 Å². The maximum atomic E-state index is 10.8. The summed E-state index contributed by atoms with van der Waals surface area (Å²) in [5.41, 5.74) is 3.81. The molecule has 2 N–H and O–H groups in total. The van der Waals surface area contributed by atoms with E-state index in [2.05, 4.69) is 4.99 Å². The number of nitrogens with zero attached hydrogens (tertiary/aromatic N) is 2. The van der Waals surface area contributed by atoms with Crippen molar-refractivity contribution < 1.29 is 4.79 Å². The summed E-state index contributed by atoms with van der Waals surface area (Å²) in [6, 6.07) is 1.84. The first-order valence-electron chi connectivity index (χ1n) is 3.10. The van der Waals surface area contributed by atoms with E-state index in [1.54, 1.807) is 12.3 Å². The number of dihydropyridines is 1. The molecule has 1 rings (SSSR count). The quantitative estimate of drug-likeness (QED) is 0.551. The third-order valence-electron chi connectivity index (χ3n) is 1.55. The lowest BCUT2D eigenvalue weighted by molar-refractivity contribution is -0.122. The summed E-state index contributed by atoms with van der Waals surface area (Å²) in [6.07, 6.45) is 4.57. The molecule has 1 amide bonds. The van der Waals surface area contributed by atoms with Crippen molar-refractivity contribution in [2.45, 2.75) is 0 Å². The third kappa shape index (κ3) is 1.13. The summed E-state index contributed by atoms with van der Waals surface area (Å²) in [7, 11) is 0. The number of nitrogens with two attached hydrogens (primary N) is 1. The van der Waals surface area contributed by atoms with Gasteiger partial charge in [0.05, 0.1) is 12.6 Å². The van der Waals surface area contributed by atoms with Crippen LogP contribution in [0.25, 0.3) is 0 Å². The summed E-state index contributed by atoms with van der Waals surface area (Å²) >= 11 is 0. The van der Waals surface area contributed by atoms with Crippen molar-refractivity contribution in [3.05, 3.63) is 12.2 Å². The fraction of sp³-hybridized carbons (Fsp3) is 0.286. The van der Waals surface area contributed by atoms with Crippen molar-refractivity contribution in [2.75, 3.05) is 6.54 Å². The maximum Gasteiger partial charge on any atom is 0.243 e. The van der Waals surface area contributed by atoms with Gasteiger partial charge in [0.25, 0.3) is 0 Å². The summed E-state index contributed by atoms with van der Waals surface area (Å²) in [5, 5.41) is 8.64. The SMILES string of the molecule is N#CC1(C(N)=O)C=CC=NC1. The molecule has 0 aromatic rings. The molecule has 1 aliphatic rings. The van der Waals surface area contributed by atoms with Crippen LogP contribution in [0, 0.1) is 16.7 Å². The smallest absolute Gasteiger partial charge is 0.243 e. The molecule has 0 aromatic heterocycles. The zero-order chi connectivity index (χ0) is 8.32. The van der Waals surface area contributed by atoms with E-state index in [1.807, 2.05) is 6.07 Å². The highest BCUT2D eigenvalue weighted by Gasteiger charge is 2.34. The molecule has 4 nitrogen and oxygen atoms in total. The Bertz CT molecular complexity index is 274. The molecule has 0 bridgehead atoms. The van der Waals surface area contributed by atoms with Gasteiger partial charge in [-0.05, 0) is 6.08 Å². The van der Waals surface area contributed by atoms with Crippen molar-refractivity contribution in [3.8, 4) is 6.07 Å². The molecular formula is C7H7N3O. The third-order valence-corrected chi connectivity index (χ3v) is 1.55. The number of aliphatic imine (C=N–C) groups is 1. The number of hydrogen-bond donors (Lipinski definition) is 1. The second-order valence-corrected chi connectivity index (χ2v) is 2.30. The number of carbonyl (C=O) groups excluding carboxylic acids is 1. The van der Waals surface area contributed by atoms with E-state index in [0.29, 0.717) is 0 Å². The van der Waals surface area contributed by atoms with Gasteiger partial charge in [0, 0.05) is 6.21 Å². The molecule has 0 aromatic carbocycles. The van der Waals surface area contributed by atoms with E-state index < -0.39 is 11.3 Å². The topological polar surface area (TPSA) is 79.2 Å². The Hall–Kier alpha value is -1.63. The van der Waals surface area contributed by atoms with E-state index in [0.717, 1.165) is 0 Å². The molecule has 56 valence electrons. The second kappa shape index (κ2) is 2.54. The van der Waals surface area contributed by atoms with Crippen LogP contribution in [0.5, 0.6) is 0 Å². The van der Waals surface area contributed by atoms with Gasteiger partial charge in [-0.3, -0.25) is 9.79 Å². The van der Waals surface area contributed by atoms with Gasteiger partial charge in [0.2, 0.25) is 5.91 Å². The van der Waals surface area contributed by atoms with Crippen LogP contribution < -0.4 is 5.73 Å². The number of rotatable bonds is 1. The summed E-state index contributed by atoms with van der Waals surface area (Å²) in [4.78, 5) is 14.6. The lowest BCUT2D eigenvalue weighted by atomic mass is 9.87. The number of hydrogen-bond acceptors (Lipinski definition) is 3. The zero-order valence-corrected chi connectivity index (χ0v) is 5.82. The molecule has 0 radical (unpaired) electrons. The second-order valence-electron chi connectivity index (χ2n) is 2.30. The predicted octanol–water partition coefficient (Wildman–Crippen LogP) is -0.378. The highest BCUT2D eigenvalue weighted by atomic mass is 16.1. The molecule has 1 aliphatic heterocycles. The van der Waals surface area contributed by atoms with Gasteiger partial charge in [-0.1, -0.05) is 6.08 Å². The van der Waals surface area contributed by atoms with Gasteiger partial charge in [0.1, 0.15) is 0 Å². The Morgan fingerprint density at radius 3 is 2.82 bits per heavy atom. The Morgan fingerprint density at radius 1 is 1.82 bits per heavy atom. The van der Waals surface area contributed by atoms with E-state index in [1.165, 1.54) is 6.08 Å². The number of primary amides is 1. The standard InChI is InChI=1S/C7H7N3O/c8-4-7(6(9)11)2-1-3-10-5-7/h1-3H,5H2,(H2,9,11). The van der Waals surface area contributed by atoms with E-state index in [9.17, 15) is 4.79 Å². The fourth-order valence-electron chi connectivity index (χ4n) is 0.805. The Kier molecular flexibility index (Phi) is 1.73. The lowest BCUT2D eigenvalue weighted by Crippen LogP contribution is -2.37. The highest BCUT2D eigenvalue weighted by molar-refractivity contribution is 5.89. The molecular weight excluding hydrogens is 142 g/mol. The number of carbonyl (C=O) groups is 1. The van der Waals surface area contributed by atoms with Crippen LogP contribution in [0.2, 0.25) is 0 Å². The Morgan fingerprint density at radius 2 is 2.55 bits per heavy atom. The van der Waals surface area contributed by atoms with Crippen molar-refractivity contribution in [1.29, 1.82) is 5.26 Å². The van der Waals surface area contributed by atoms with Crippen LogP contribution in [0.15, 0.2) is 17.1 Å². The van der Waals surface area contributed by atoms with Crippen molar-refractivity contribution >= 4 is 12.1 Å². The first-order valence-corrected chi connectivity index (χ1v) is 3.10. The molecule has 1 atom stereocenters. The van der Waals surface area contributed by atoms with E-state index in [-0.39, 0.29) is 6.54 Å². The number of nitriles is 1. The van der Waals surface area contributed by atoms with E-state index in [4.69, 9.17) is 11.0 Å². The molecule has 11 heavy (non-hydrogen) atoms. The van der Waals surface area contributed by atoms with Gasteiger partial charge in [-0.2, -0.15) is 5.26 Å². The summed E-state index contributed by atoms with van der Waals surface area (Å²) < 4.78 is 0. The van der Waals surface area contributed by atoms with E-state index >= 15 is 0 Å². The zero-order valence-electron chi connectivity index (χ0n) is 5.82. The first-order chi connectivity index (χ1) is 5.21. The van der Waals surface area contributed by atoms with Crippen LogP contribution in [0.1, 0.15) is 0 Å². The van der Waals surface area contributed by atoms with Gasteiger partial charge in [0.15, 0.2) is 5.41 Å². The minimum Gasteiger partial charge on any atom is -0.368 e. The minimum atomic E-state index is -1.21. The van der Waals surface area contributed by atoms with Crippen LogP contribution in [0.4, 0.5) is 0 Å². The Labute approximate surface area is 64.0 Å². The molecule has 0 aliphatic carbocycles. The molecule has 1 heterocycles. The molecule has 0 fully saturated rings. The van der Waals surface area contributed by atoms with Crippen LogP contribution >= 0.6 is 0 Å². The van der Waals surface area contributed by atoms with Crippen LogP contribution in [0.3, 0.4) is 0 Å². The fourth-order valence-corrected chi connectivity index (χ4v) is 0.805. The lowest BCUT2D eigenvalue weighted by Gasteiger charge is -2.17. The average molecular weight is 149 g/mol. The van der Waals surface area contributed by atoms with Crippen molar-refractivity contribution in [3.63, 3.8) is 0 Å². The highest BCUT2D eigenvalue weighted by Crippen LogP contribution is 2.19. The minimum absolute atomic E-state index is 0.134. The average Bonchev–Trinajstić information content (AvgIpc) is 2.05. The molecule has 4 heteroatoms. The molecule has 0 saturated carbocycles. The van der Waals surface area contributed by atoms with Gasteiger partial charge in [-0.25, -0.2) is 0 Å². The molecule has 0 saturated heterocycles. The normalized spacial score (nSPS) is 27.9. The first kappa shape index (κ1) is 7.48. The summed E-state index contributed by atoms with van der Waals surface area (Å²) in [6.45, 7) is 0.134. The van der Waals surface area contributed by atoms with Gasteiger partial charge >= 0.3 is 0 Å². The maximum absolute atomic E-state index is 10.8.